The molecule has 2 N–H and O–H groups in total. The molecular formula is C33H41N9O. The van der Waals surface area contributed by atoms with E-state index in [0.29, 0.717) is 24.2 Å². The van der Waals surface area contributed by atoms with Crippen LogP contribution < -0.4 is 10.6 Å². The number of nitrogens with zero attached hydrogens (tertiary/aromatic N) is 7. The Hall–Kier alpha value is -4.05. The number of aryl methyl sites for hydroxylation is 1. The highest BCUT2D eigenvalue weighted by molar-refractivity contribution is 5.79. The third-order valence-electron chi connectivity index (χ3n) is 10.0. The Bertz CT molecular complexity index is 1590. The largest absolute Gasteiger partial charge is 0.369 e. The fourth-order valence-electron chi connectivity index (χ4n) is 7.21. The second-order valence-corrected chi connectivity index (χ2v) is 12.6. The van der Waals surface area contributed by atoms with Gasteiger partial charge in [-0.2, -0.15) is 10.2 Å². The van der Waals surface area contributed by atoms with Gasteiger partial charge in [-0.25, -0.2) is 9.97 Å². The molecule has 3 aliphatic rings. The summed E-state index contributed by atoms with van der Waals surface area (Å²) in [5, 5.41) is 16.3. The number of carbonyl (C=O) groups is 1. The van der Waals surface area contributed by atoms with Crippen molar-refractivity contribution in [3.05, 3.63) is 55.2 Å². The van der Waals surface area contributed by atoms with Crippen LogP contribution in [0.3, 0.4) is 0 Å². The summed E-state index contributed by atoms with van der Waals surface area (Å²) in [6, 6.07) is 8.68. The van der Waals surface area contributed by atoms with E-state index in [1.54, 1.807) is 0 Å². The maximum atomic E-state index is 12.2. The standard InChI is InChI=1S/C33H41N9O/c1-40-21-26(18-37-40)24-4-3-5-25(16-24)31-36-20-29(32(39-31)35-17-23-9-14-34-15-10-23)27-19-38-42(22-27)28-6-11-33(12-7-28)13-8-30(43)41(33)2/h3-5,16,18-23,28,34H,6-15,17H2,1-2H3,(H,35,36,39)/t28-,33+. The van der Waals surface area contributed by atoms with Crippen molar-refractivity contribution in [2.75, 3.05) is 32.0 Å². The number of anilines is 1. The molecule has 1 amide bonds. The zero-order valence-corrected chi connectivity index (χ0v) is 25.2. The molecule has 10 heteroatoms. The van der Waals surface area contributed by atoms with E-state index in [1.165, 1.54) is 0 Å². The van der Waals surface area contributed by atoms with Gasteiger partial charge in [0.2, 0.25) is 5.91 Å². The van der Waals surface area contributed by atoms with Crippen LogP contribution in [0.5, 0.6) is 0 Å². The summed E-state index contributed by atoms with van der Waals surface area (Å²) in [6.07, 6.45) is 18.1. The number of rotatable bonds is 7. The molecule has 2 saturated heterocycles. The van der Waals surface area contributed by atoms with E-state index in [-0.39, 0.29) is 11.4 Å². The van der Waals surface area contributed by atoms with Crippen LogP contribution in [0, 0.1) is 5.92 Å². The Morgan fingerprint density at radius 3 is 2.47 bits per heavy atom. The minimum atomic E-state index is 0.0489. The normalized spacial score (nSPS) is 22.9. The number of hydrogen-bond donors (Lipinski definition) is 2. The van der Waals surface area contributed by atoms with Gasteiger partial charge in [0.15, 0.2) is 5.82 Å². The average molecular weight is 580 g/mol. The van der Waals surface area contributed by atoms with Gasteiger partial charge in [0.25, 0.3) is 0 Å². The number of amides is 1. The number of aromatic nitrogens is 6. The summed E-state index contributed by atoms with van der Waals surface area (Å²) in [4.78, 5) is 24.2. The van der Waals surface area contributed by atoms with Gasteiger partial charge in [-0.05, 0) is 75.6 Å². The van der Waals surface area contributed by atoms with Crippen molar-refractivity contribution in [3.63, 3.8) is 0 Å². The maximum absolute atomic E-state index is 12.2. The van der Waals surface area contributed by atoms with Gasteiger partial charge in [-0.1, -0.05) is 18.2 Å². The van der Waals surface area contributed by atoms with Gasteiger partial charge in [0.05, 0.1) is 18.4 Å². The molecule has 3 fully saturated rings. The van der Waals surface area contributed by atoms with Crippen molar-refractivity contribution >= 4 is 11.7 Å². The number of carbonyl (C=O) groups excluding carboxylic acids is 1. The zero-order chi connectivity index (χ0) is 29.4. The number of nitrogens with one attached hydrogen (secondary N) is 2. The van der Waals surface area contributed by atoms with Crippen LogP contribution in [0.2, 0.25) is 0 Å². The summed E-state index contributed by atoms with van der Waals surface area (Å²) >= 11 is 0. The molecule has 224 valence electrons. The second-order valence-electron chi connectivity index (χ2n) is 12.6. The first kappa shape index (κ1) is 27.8. The van der Waals surface area contributed by atoms with Crippen LogP contribution in [0.1, 0.15) is 57.4 Å². The monoisotopic (exact) mass is 579 g/mol. The first-order chi connectivity index (χ1) is 21.0. The molecule has 0 bridgehead atoms. The SMILES string of the molecule is Cn1cc(-c2cccc(-c3ncc(-c4cnn([C@H]5CC[C@]6(CCC(=O)N6C)CC5)c4)c(NCC4CCNCC4)n3)c2)cn1. The molecule has 5 heterocycles. The van der Waals surface area contributed by atoms with E-state index < -0.39 is 0 Å². The highest BCUT2D eigenvalue weighted by Gasteiger charge is 2.45. The Kier molecular flexibility index (Phi) is 7.46. The lowest BCUT2D eigenvalue weighted by atomic mass is 9.78. The van der Waals surface area contributed by atoms with Crippen molar-refractivity contribution in [2.45, 2.75) is 62.9 Å². The summed E-state index contributed by atoms with van der Waals surface area (Å²) < 4.78 is 3.94. The van der Waals surface area contributed by atoms with Crippen LogP contribution >= 0.6 is 0 Å². The van der Waals surface area contributed by atoms with E-state index in [9.17, 15) is 4.79 Å². The molecule has 43 heavy (non-hydrogen) atoms. The minimum absolute atomic E-state index is 0.0489. The number of likely N-dealkylation sites (tertiary alicyclic amines) is 1. The quantitative estimate of drug-likeness (QED) is 0.320. The van der Waals surface area contributed by atoms with Crippen molar-refractivity contribution in [1.29, 1.82) is 0 Å². The van der Waals surface area contributed by atoms with Gasteiger partial charge in [-0.3, -0.25) is 14.2 Å². The lowest BCUT2D eigenvalue weighted by molar-refractivity contribution is -0.130. The number of benzene rings is 1. The van der Waals surface area contributed by atoms with Crippen molar-refractivity contribution in [1.82, 2.24) is 39.7 Å². The highest BCUT2D eigenvalue weighted by Crippen LogP contribution is 2.44. The smallest absolute Gasteiger partial charge is 0.222 e. The fraction of sp³-hybridized carbons (Fsp3) is 0.485. The second kappa shape index (κ2) is 11.6. The number of hydrogen-bond acceptors (Lipinski definition) is 7. The third-order valence-corrected chi connectivity index (χ3v) is 10.0. The summed E-state index contributed by atoms with van der Waals surface area (Å²) in [7, 11) is 3.91. The Balaban J connectivity index is 1.15. The van der Waals surface area contributed by atoms with Gasteiger partial charge >= 0.3 is 0 Å². The van der Waals surface area contributed by atoms with E-state index in [1.807, 2.05) is 48.5 Å². The van der Waals surface area contributed by atoms with Crippen molar-refractivity contribution in [3.8, 4) is 33.6 Å². The van der Waals surface area contributed by atoms with Crippen LogP contribution in [-0.4, -0.2) is 72.6 Å². The Morgan fingerprint density at radius 2 is 1.72 bits per heavy atom. The predicted molar refractivity (Wildman–Crippen MR) is 167 cm³/mol. The molecule has 0 radical (unpaired) electrons. The molecule has 10 nitrogen and oxygen atoms in total. The van der Waals surface area contributed by atoms with Gasteiger partial charge in [-0.15, -0.1) is 0 Å². The molecule has 4 aromatic rings. The lowest BCUT2D eigenvalue weighted by Gasteiger charge is -2.42. The number of piperidine rings is 1. The van der Waals surface area contributed by atoms with Crippen LogP contribution in [-0.2, 0) is 11.8 Å². The first-order valence-electron chi connectivity index (χ1n) is 15.7. The Labute approximate surface area is 252 Å². The molecular weight excluding hydrogens is 538 g/mol. The van der Waals surface area contributed by atoms with Crippen LogP contribution in [0.4, 0.5) is 5.82 Å². The molecule has 1 aromatic carbocycles. The van der Waals surface area contributed by atoms with E-state index in [4.69, 9.17) is 15.1 Å². The topological polar surface area (TPSA) is 106 Å². The molecule has 1 spiro atoms. The molecule has 1 aliphatic carbocycles. The average Bonchev–Trinajstić information content (AvgIpc) is 3.78. The highest BCUT2D eigenvalue weighted by atomic mass is 16.2. The van der Waals surface area contributed by atoms with Crippen LogP contribution in [0.25, 0.3) is 33.6 Å². The van der Waals surface area contributed by atoms with E-state index >= 15 is 0 Å². The van der Waals surface area contributed by atoms with Gasteiger partial charge in [0.1, 0.15) is 5.82 Å². The zero-order valence-electron chi connectivity index (χ0n) is 25.2. The first-order valence-corrected chi connectivity index (χ1v) is 15.7. The van der Waals surface area contributed by atoms with E-state index in [0.717, 1.165) is 98.2 Å². The lowest BCUT2D eigenvalue weighted by Crippen LogP contribution is -2.46. The molecule has 7 rings (SSSR count). The molecule has 0 atom stereocenters. The summed E-state index contributed by atoms with van der Waals surface area (Å²) in [5.41, 5.74) is 5.18. The Morgan fingerprint density at radius 1 is 0.930 bits per heavy atom. The fourth-order valence-corrected chi connectivity index (χ4v) is 7.21. The van der Waals surface area contributed by atoms with Crippen molar-refractivity contribution in [2.24, 2.45) is 13.0 Å². The third kappa shape index (κ3) is 5.56. The maximum Gasteiger partial charge on any atom is 0.222 e. The van der Waals surface area contributed by atoms with Crippen molar-refractivity contribution < 1.29 is 4.79 Å². The van der Waals surface area contributed by atoms with Gasteiger partial charge in [0, 0.05) is 73.4 Å². The van der Waals surface area contributed by atoms with E-state index in [2.05, 4.69) is 50.9 Å². The molecule has 3 aromatic heterocycles. The summed E-state index contributed by atoms with van der Waals surface area (Å²) in [6.45, 7) is 3.01. The molecule has 1 saturated carbocycles. The summed E-state index contributed by atoms with van der Waals surface area (Å²) in [5.74, 6) is 2.45. The van der Waals surface area contributed by atoms with Crippen LogP contribution in [0.15, 0.2) is 55.2 Å². The molecule has 0 unspecified atom stereocenters. The molecule has 2 aliphatic heterocycles. The minimum Gasteiger partial charge on any atom is -0.369 e. The predicted octanol–water partition coefficient (Wildman–Crippen LogP) is 4.93. The van der Waals surface area contributed by atoms with Gasteiger partial charge < -0.3 is 15.5 Å².